The Hall–Kier alpha value is -0.820. The highest BCUT2D eigenvalue weighted by Crippen LogP contribution is 2.41. The summed E-state index contributed by atoms with van der Waals surface area (Å²) in [6, 6.07) is 9.30. The molecule has 0 radical (unpaired) electrons. The quantitative estimate of drug-likeness (QED) is 0.0543. The highest BCUT2D eigenvalue weighted by Gasteiger charge is 2.45. The Bertz CT molecular complexity index is 822. The van der Waals surface area contributed by atoms with E-state index in [1.54, 1.807) is 5.56 Å². The van der Waals surface area contributed by atoms with Gasteiger partial charge in [0.05, 0.1) is 18.6 Å². The Morgan fingerprint density at radius 1 is 0.478 bits per heavy atom. The summed E-state index contributed by atoms with van der Waals surface area (Å²) in [5.74, 6) is 0. The summed E-state index contributed by atoms with van der Waals surface area (Å²) < 4.78 is 1.27. The number of benzene rings is 1. The van der Waals surface area contributed by atoms with Gasteiger partial charge in [-0.1, -0.05) is 194 Å². The molecule has 0 aliphatic heterocycles. The molecule has 0 bridgehead atoms. The summed E-state index contributed by atoms with van der Waals surface area (Å²) in [6.45, 7) is 23.6. The van der Waals surface area contributed by atoms with Gasteiger partial charge in [-0.3, -0.25) is 0 Å². The number of hydrogen-bond acceptors (Lipinski definition) is 0. The van der Waals surface area contributed by atoms with Crippen LogP contribution in [-0.4, -0.2) is 23.1 Å². The molecule has 1 rings (SSSR count). The van der Waals surface area contributed by atoms with Gasteiger partial charge in [0.2, 0.25) is 0 Å². The van der Waals surface area contributed by atoms with E-state index in [4.69, 9.17) is 0 Å². The van der Waals surface area contributed by atoms with Gasteiger partial charge in [0.15, 0.2) is 0 Å². The number of aryl methyl sites for hydroxylation is 1. The molecule has 0 amide bonds. The van der Waals surface area contributed by atoms with Gasteiger partial charge in [-0.2, -0.15) is 0 Å². The number of hydrogen-bond donors (Lipinski definition) is 0. The largest absolute Gasteiger partial charge is 0.315 e. The van der Waals surface area contributed by atoms with Crippen LogP contribution in [0.3, 0.4) is 0 Å². The van der Waals surface area contributed by atoms with E-state index in [2.05, 4.69) is 79.7 Å². The first-order valence-corrected chi connectivity index (χ1v) is 21.0. The zero-order chi connectivity index (χ0) is 34.0. The van der Waals surface area contributed by atoms with Crippen molar-refractivity contribution in [1.29, 1.82) is 0 Å². The molecule has 270 valence electrons. The molecule has 1 aromatic rings. The molecular weight excluding hydrogens is 555 g/mol. The van der Waals surface area contributed by atoms with Gasteiger partial charge in [0, 0.05) is 12.0 Å². The van der Waals surface area contributed by atoms with E-state index in [1.807, 2.05) is 0 Å². The van der Waals surface area contributed by atoms with E-state index in [0.29, 0.717) is 5.41 Å². The van der Waals surface area contributed by atoms with Crippen molar-refractivity contribution in [3.05, 3.63) is 35.4 Å². The highest BCUT2D eigenvalue weighted by molar-refractivity contribution is 5.24. The minimum atomic E-state index is 0.262. The standard InChI is InChI=1S/C45H86N/c1-9-12-14-16-18-20-22-23-24-25-27-29-31-35-39-46(40-43-37-33-32-36-42(43)4,45(7,8)41-44(5,6)11-3)38-34-30-28-26-21-19-17-15-13-10-2/h32-33,36-37H,9-31,34-35,38-41H2,1-8H3/q+1. The Morgan fingerprint density at radius 3 is 1.17 bits per heavy atom. The lowest BCUT2D eigenvalue weighted by Gasteiger charge is -2.53. The number of unbranched alkanes of at least 4 members (excludes halogenated alkanes) is 22. The van der Waals surface area contributed by atoms with Crippen LogP contribution in [0.15, 0.2) is 24.3 Å². The van der Waals surface area contributed by atoms with E-state index in [-0.39, 0.29) is 5.54 Å². The zero-order valence-corrected chi connectivity index (χ0v) is 33.3. The fourth-order valence-electron chi connectivity index (χ4n) is 8.18. The second-order valence-electron chi connectivity index (χ2n) is 17.0. The molecule has 1 nitrogen and oxygen atoms in total. The Balaban J connectivity index is 2.77. The monoisotopic (exact) mass is 641 g/mol. The molecule has 0 heterocycles. The van der Waals surface area contributed by atoms with Gasteiger partial charge in [0.25, 0.3) is 0 Å². The first kappa shape index (κ1) is 43.2. The summed E-state index contributed by atoms with van der Waals surface area (Å²) in [5.41, 5.74) is 3.71. The van der Waals surface area contributed by atoms with Crippen LogP contribution in [0.4, 0.5) is 0 Å². The smallest absolute Gasteiger partial charge is 0.105 e. The molecule has 0 aliphatic carbocycles. The first-order valence-electron chi connectivity index (χ1n) is 21.0. The van der Waals surface area contributed by atoms with E-state index in [1.165, 1.54) is 197 Å². The first-order chi connectivity index (χ1) is 22.1. The number of quaternary nitrogens is 1. The summed E-state index contributed by atoms with van der Waals surface area (Å²) >= 11 is 0. The van der Waals surface area contributed by atoms with Crippen LogP contribution in [0, 0.1) is 12.3 Å². The lowest BCUT2D eigenvalue weighted by molar-refractivity contribution is -0.986. The molecular formula is C45H86N+. The normalized spacial score (nSPS) is 13.7. The molecule has 0 aromatic heterocycles. The van der Waals surface area contributed by atoms with Crippen molar-refractivity contribution < 1.29 is 4.48 Å². The van der Waals surface area contributed by atoms with E-state index >= 15 is 0 Å². The molecule has 0 saturated carbocycles. The van der Waals surface area contributed by atoms with Crippen molar-refractivity contribution in [3.8, 4) is 0 Å². The van der Waals surface area contributed by atoms with Crippen molar-refractivity contribution in [3.63, 3.8) is 0 Å². The van der Waals surface area contributed by atoms with Crippen molar-refractivity contribution in [1.82, 2.24) is 0 Å². The van der Waals surface area contributed by atoms with Crippen LogP contribution in [0.5, 0.6) is 0 Å². The van der Waals surface area contributed by atoms with Crippen molar-refractivity contribution >= 4 is 0 Å². The van der Waals surface area contributed by atoms with Crippen LogP contribution < -0.4 is 0 Å². The van der Waals surface area contributed by atoms with Gasteiger partial charge in [-0.15, -0.1) is 0 Å². The maximum absolute atomic E-state index is 2.64. The van der Waals surface area contributed by atoms with Gasteiger partial charge < -0.3 is 4.48 Å². The topological polar surface area (TPSA) is 0 Å². The Labute approximate surface area is 292 Å². The molecule has 1 aromatic carbocycles. The summed E-state index contributed by atoms with van der Waals surface area (Å²) in [6.07, 6.45) is 36.9. The predicted molar refractivity (Wildman–Crippen MR) is 210 cm³/mol. The van der Waals surface area contributed by atoms with Crippen molar-refractivity contribution in [2.24, 2.45) is 5.41 Å². The molecule has 0 saturated heterocycles. The van der Waals surface area contributed by atoms with Crippen LogP contribution in [-0.2, 0) is 6.54 Å². The van der Waals surface area contributed by atoms with Gasteiger partial charge >= 0.3 is 0 Å². The molecule has 0 fully saturated rings. The molecule has 46 heavy (non-hydrogen) atoms. The minimum Gasteiger partial charge on any atom is -0.315 e. The molecule has 0 N–H and O–H groups in total. The minimum absolute atomic E-state index is 0.262. The van der Waals surface area contributed by atoms with Gasteiger partial charge in [0.1, 0.15) is 6.54 Å². The van der Waals surface area contributed by atoms with E-state index in [0.717, 1.165) is 0 Å². The Morgan fingerprint density at radius 2 is 0.826 bits per heavy atom. The van der Waals surface area contributed by atoms with E-state index in [9.17, 15) is 0 Å². The third-order valence-corrected chi connectivity index (χ3v) is 11.8. The second-order valence-corrected chi connectivity index (χ2v) is 17.0. The summed E-state index contributed by atoms with van der Waals surface area (Å²) in [4.78, 5) is 0. The van der Waals surface area contributed by atoms with Crippen molar-refractivity contribution in [2.75, 3.05) is 13.1 Å². The summed E-state index contributed by atoms with van der Waals surface area (Å²) in [7, 11) is 0. The van der Waals surface area contributed by atoms with Gasteiger partial charge in [-0.25, -0.2) is 0 Å². The lowest BCUT2D eigenvalue weighted by Crippen LogP contribution is -2.63. The van der Waals surface area contributed by atoms with E-state index < -0.39 is 0 Å². The molecule has 1 unspecified atom stereocenters. The average Bonchev–Trinajstić information content (AvgIpc) is 3.02. The molecule has 1 heteroatoms. The average molecular weight is 641 g/mol. The third kappa shape index (κ3) is 19.2. The van der Waals surface area contributed by atoms with Gasteiger partial charge in [-0.05, 0) is 57.4 Å². The zero-order valence-electron chi connectivity index (χ0n) is 33.3. The maximum Gasteiger partial charge on any atom is 0.105 e. The van der Waals surface area contributed by atoms with Crippen LogP contribution in [0.2, 0.25) is 0 Å². The van der Waals surface area contributed by atoms with Crippen LogP contribution in [0.1, 0.15) is 227 Å². The van der Waals surface area contributed by atoms with Crippen molar-refractivity contribution in [2.45, 2.75) is 234 Å². The molecule has 1 atom stereocenters. The van der Waals surface area contributed by atoms with Crippen LogP contribution >= 0.6 is 0 Å². The third-order valence-electron chi connectivity index (χ3n) is 11.8. The Kier molecular flexibility index (Phi) is 24.5. The van der Waals surface area contributed by atoms with Crippen LogP contribution in [0.25, 0.3) is 0 Å². The molecule has 0 aliphatic rings. The lowest BCUT2D eigenvalue weighted by atomic mass is 9.75. The SMILES string of the molecule is CCCCCCCCCCCCCCCC[N+](CCCCCCCCCCCC)(Cc1ccccc1C)C(C)(C)CC(C)(C)CC. The molecule has 0 spiro atoms. The maximum atomic E-state index is 2.64. The second kappa shape index (κ2) is 26.1. The fourth-order valence-corrected chi connectivity index (χ4v) is 8.18. The number of rotatable bonds is 32. The highest BCUT2D eigenvalue weighted by atomic mass is 15.4. The predicted octanol–water partition coefficient (Wildman–Crippen LogP) is 15.3. The fraction of sp³-hybridized carbons (Fsp3) is 0.867. The summed E-state index contributed by atoms with van der Waals surface area (Å²) in [5, 5.41) is 0. The number of nitrogens with zero attached hydrogens (tertiary/aromatic N) is 1.